The highest BCUT2D eigenvalue weighted by atomic mass is 32.2. The van der Waals surface area contributed by atoms with Gasteiger partial charge in [0.15, 0.2) is 0 Å². The Morgan fingerprint density at radius 3 is 3.00 bits per heavy atom. The Kier molecular flexibility index (Phi) is 3.52. The molecule has 0 aliphatic carbocycles. The van der Waals surface area contributed by atoms with Crippen LogP contribution in [0.1, 0.15) is 12.8 Å². The molecule has 0 radical (unpaired) electrons. The van der Waals surface area contributed by atoms with E-state index in [1.807, 2.05) is 11.9 Å². The Morgan fingerprint density at radius 1 is 1.50 bits per heavy atom. The Morgan fingerprint density at radius 2 is 2.39 bits per heavy atom. The van der Waals surface area contributed by atoms with E-state index < -0.39 is 0 Å². The SMILES string of the molecule is Nc1cc(N2CCCS2)ccc1NC[C@@H]1CCO1. The van der Waals surface area contributed by atoms with Crippen LogP contribution in [0.15, 0.2) is 18.2 Å². The van der Waals surface area contributed by atoms with E-state index >= 15 is 0 Å². The van der Waals surface area contributed by atoms with Gasteiger partial charge in [0.25, 0.3) is 0 Å². The fourth-order valence-corrected chi connectivity index (χ4v) is 3.19. The molecule has 0 spiro atoms. The maximum atomic E-state index is 6.10. The standard InChI is InChI=1S/C13H19N3OS/c14-12-8-10(16-5-1-7-18-16)2-3-13(12)15-9-11-4-6-17-11/h2-3,8,11,15H,1,4-7,9,14H2/t11-/m0/s1. The molecular formula is C13H19N3OS. The molecule has 2 saturated heterocycles. The van der Waals surface area contributed by atoms with Crippen LogP contribution in [0.3, 0.4) is 0 Å². The molecule has 1 aromatic rings. The summed E-state index contributed by atoms with van der Waals surface area (Å²) < 4.78 is 7.70. The van der Waals surface area contributed by atoms with Crippen molar-refractivity contribution in [1.29, 1.82) is 0 Å². The predicted molar refractivity (Wildman–Crippen MR) is 78.1 cm³/mol. The number of rotatable bonds is 4. The van der Waals surface area contributed by atoms with Gasteiger partial charge in [0, 0.05) is 31.1 Å². The monoisotopic (exact) mass is 265 g/mol. The molecule has 0 amide bonds. The highest BCUT2D eigenvalue weighted by Crippen LogP contribution is 2.32. The van der Waals surface area contributed by atoms with Gasteiger partial charge in [-0.25, -0.2) is 0 Å². The van der Waals surface area contributed by atoms with Crippen molar-refractivity contribution in [2.75, 3.05) is 40.8 Å². The fourth-order valence-electron chi connectivity index (χ4n) is 2.19. The zero-order valence-corrected chi connectivity index (χ0v) is 11.2. The summed E-state index contributed by atoms with van der Waals surface area (Å²) in [5.74, 6) is 1.21. The van der Waals surface area contributed by atoms with E-state index in [2.05, 4.69) is 27.8 Å². The molecule has 0 aromatic heterocycles. The molecule has 1 aromatic carbocycles. The van der Waals surface area contributed by atoms with Crippen LogP contribution < -0.4 is 15.4 Å². The van der Waals surface area contributed by atoms with Gasteiger partial charge in [-0.05, 0) is 43.0 Å². The van der Waals surface area contributed by atoms with Crippen molar-refractivity contribution in [1.82, 2.24) is 0 Å². The first-order valence-electron chi connectivity index (χ1n) is 6.48. The Bertz CT molecular complexity index is 417. The minimum atomic E-state index is 0.359. The molecular weight excluding hydrogens is 246 g/mol. The molecule has 98 valence electrons. The average Bonchev–Trinajstić information content (AvgIpc) is 2.82. The minimum Gasteiger partial charge on any atom is -0.397 e. The second kappa shape index (κ2) is 5.28. The van der Waals surface area contributed by atoms with Crippen LogP contribution in [0.4, 0.5) is 17.1 Å². The van der Waals surface area contributed by atoms with Crippen LogP contribution in [0.2, 0.25) is 0 Å². The van der Waals surface area contributed by atoms with Crippen LogP contribution in [-0.4, -0.2) is 31.6 Å². The maximum Gasteiger partial charge on any atom is 0.0769 e. The van der Waals surface area contributed by atoms with Crippen molar-refractivity contribution in [2.24, 2.45) is 0 Å². The number of nitrogen functional groups attached to an aromatic ring is 1. The number of anilines is 3. The number of hydrogen-bond acceptors (Lipinski definition) is 5. The van der Waals surface area contributed by atoms with E-state index in [1.165, 1.54) is 17.9 Å². The van der Waals surface area contributed by atoms with Gasteiger partial charge >= 0.3 is 0 Å². The van der Waals surface area contributed by atoms with E-state index in [4.69, 9.17) is 10.5 Å². The van der Waals surface area contributed by atoms with E-state index in [9.17, 15) is 0 Å². The summed E-state index contributed by atoms with van der Waals surface area (Å²) in [5, 5.41) is 3.36. The molecule has 0 saturated carbocycles. The predicted octanol–water partition coefficient (Wildman–Crippen LogP) is 2.33. The van der Waals surface area contributed by atoms with Crippen LogP contribution in [0, 0.1) is 0 Å². The van der Waals surface area contributed by atoms with Crippen molar-refractivity contribution in [3.05, 3.63) is 18.2 Å². The largest absolute Gasteiger partial charge is 0.397 e. The number of benzene rings is 1. The summed E-state index contributed by atoms with van der Waals surface area (Å²) in [6.07, 6.45) is 2.76. The summed E-state index contributed by atoms with van der Waals surface area (Å²) >= 11 is 1.88. The zero-order valence-electron chi connectivity index (χ0n) is 10.4. The first-order valence-corrected chi connectivity index (χ1v) is 7.42. The smallest absolute Gasteiger partial charge is 0.0769 e. The lowest BCUT2D eigenvalue weighted by Gasteiger charge is -2.27. The van der Waals surface area contributed by atoms with E-state index in [-0.39, 0.29) is 0 Å². The topological polar surface area (TPSA) is 50.5 Å². The highest BCUT2D eigenvalue weighted by molar-refractivity contribution is 8.00. The first kappa shape index (κ1) is 12.0. The molecule has 18 heavy (non-hydrogen) atoms. The van der Waals surface area contributed by atoms with Gasteiger partial charge in [-0.1, -0.05) is 0 Å². The highest BCUT2D eigenvalue weighted by Gasteiger charge is 2.18. The molecule has 0 bridgehead atoms. The normalized spacial score (nSPS) is 22.9. The fraction of sp³-hybridized carbons (Fsp3) is 0.538. The third-order valence-corrected chi connectivity index (χ3v) is 4.57. The third kappa shape index (κ3) is 2.52. The van der Waals surface area contributed by atoms with Crippen LogP contribution in [0.25, 0.3) is 0 Å². The molecule has 5 heteroatoms. The van der Waals surface area contributed by atoms with Gasteiger partial charge in [0.05, 0.1) is 17.5 Å². The van der Waals surface area contributed by atoms with Crippen molar-refractivity contribution >= 4 is 29.0 Å². The number of nitrogens with two attached hydrogens (primary N) is 1. The Labute approximate surface area is 112 Å². The number of ether oxygens (including phenoxy) is 1. The summed E-state index contributed by atoms with van der Waals surface area (Å²) in [6.45, 7) is 2.86. The van der Waals surface area contributed by atoms with Crippen molar-refractivity contribution in [3.63, 3.8) is 0 Å². The summed E-state index contributed by atoms with van der Waals surface area (Å²) in [7, 11) is 0. The number of hydrogen-bond donors (Lipinski definition) is 2. The Hall–Kier alpha value is -1.07. The molecule has 1 atom stereocenters. The average molecular weight is 265 g/mol. The first-order chi connectivity index (χ1) is 8.83. The van der Waals surface area contributed by atoms with Gasteiger partial charge in [-0.15, -0.1) is 0 Å². The summed E-state index contributed by atoms with van der Waals surface area (Å²) in [6, 6.07) is 6.27. The van der Waals surface area contributed by atoms with Crippen molar-refractivity contribution in [3.8, 4) is 0 Å². The molecule has 4 nitrogen and oxygen atoms in total. The van der Waals surface area contributed by atoms with E-state index in [1.54, 1.807) is 0 Å². The maximum absolute atomic E-state index is 6.10. The lowest BCUT2D eigenvalue weighted by molar-refractivity contribution is -0.0410. The van der Waals surface area contributed by atoms with Crippen molar-refractivity contribution < 1.29 is 4.74 Å². The minimum absolute atomic E-state index is 0.359. The molecule has 3 rings (SSSR count). The number of nitrogens with one attached hydrogen (secondary N) is 1. The summed E-state index contributed by atoms with van der Waals surface area (Å²) in [5.41, 5.74) is 9.14. The zero-order chi connectivity index (χ0) is 12.4. The molecule has 3 N–H and O–H groups in total. The second-order valence-corrected chi connectivity index (χ2v) is 5.83. The van der Waals surface area contributed by atoms with Gasteiger partial charge in [-0.3, -0.25) is 0 Å². The van der Waals surface area contributed by atoms with Crippen molar-refractivity contribution in [2.45, 2.75) is 18.9 Å². The van der Waals surface area contributed by atoms with Crippen LogP contribution in [0.5, 0.6) is 0 Å². The molecule has 2 aliphatic rings. The third-order valence-electron chi connectivity index (χ3n) is 3.39. The molecule has 0 unspecified atom stereocenters. The van der Waals surface area contributed by atoms with Gasteiger partial charge in [0.2, 0.25) is 0 Å². The quantitative estimate of drug-likeness (QED) is 0.646. The lowest BCUT2D eigenvalue weighted by atomic mass is 10.2. The second-order valence-electron chi connectivity index (χ2n) is 4.72. The molecule has 2 heterocycles. The van der Waals surface area contributed by atoms with E-state index in [0.29, 0.717) is 6.10 Å². The Balaban J connectivity index is 1.64. The van der Waals surface area contributed by atoms with E-state index in [0.717, 1.165) is 37.5 Å². The summed E-state index contributed by atoms with van der Waals surface area (Å²) in [4.78, 5) is 0. The van der Waals surface area contributed by atoms with Gasteiger partial charge in [0.1, 0.15) is 0 Å². The van der Waals surface area contributed by atoms with Crippen LogP contribution in [-0.2, 0) is 4.74 Å². The van der Waals surface area contributed by atoms with Gasteiger partial charge < -0.3 is 20.1 Å². The lowest BCUT2D eigenvalue weighted by Crippen LogP contribution is -2.33. The molecule has 2 fully saturated rings. The van der Waals surface area contributed by atoms with Gasteiger partial charge in [-0.2, -0.15) is 0 Å². The van der Waals surface area contributed by atoms with Crippen LogP contribution >= 0.6 is 11.9 Å². The number of nitrogens with zero attached hydrogens (tertiary/aromatic N) is 1. The molecule has 2 aliphatic heterocycles.